The van der Waals surface area contributed by atoms with Gasteiger partial charge in [0.25, 0.3) is 5.91 Å². The number of ether oxygens (including phenoxy) is 1. The van der Waals surface area contributed by atoms with Crippen molar-refractivity contribution in [3.8, 4) is 39.7 Å². The van der Waals surface area contributed by atoms with Crippen LogP contribution in [0.3, 0.4) is 0 Å². The lowest BCUT2D eigenvalue weighted by Gasteiger charge is -2.20. The predicted octanol–water partition coefficient (Wildman–Crippen LogP) is 6.31. The number of halogens is 2. The maximum atomic E-state index is 14.5. The minimum Gasteiger partial charge on any atom is -0.490 e. The molecule has 12 heteroatoms. The lowest BCUT2D eigenvalue weighted by atomic mass is 9.97. The Labute approximate surface area is 258 Å². The third-order valence-corrected chi connectivity index (χ3v) is 8.30. The van der Waals surface area contributed by atoms with Crippen LogP contribution in [0.5, 0.6) is 5.75 Å². The number of furan rings is 1. The van der Waals surface area contributed by atoms with Crippen LogP contribution in [0.25, 0.3) is 56.0 Å². The molecule has 1 amide bonds. The van der Waals surface area contributed by atoms with E-state index in [1.54, 1.807) is 47.8 Å². The fraction of sp³-hybridized carbons (Fsp3) is 0.152. The number of anilines is 1. The monoisotopic (exact) mass is 631 g/mol. The van der Waals surface area contributed by atoms with Gasteiger partial charge in [-0.25, -0.2) is 18.0 Å². The smallest absolute Gasteiger partial charge is 0.255 e. The van der Waals surface area contributed by atoms with E-state index in [1.165, 1.54) is 49.7 Å². The summed E-state index contributed by atoms with van der Waals surface area (Å²) in [7, 11) is 1.71. The second kappa shape index (κ2) is 12.1. The Morgan fingerprint density at radius 3 is 2.44 bits per heavy atom. The highest BCUT2D eigenvalue weighted by molar-refractivity contribution is 7.85. The molecule has 2 aromatic heterocycles. The predicted molar refractivity (Wildman–Crippen MR) is 168 cm³/mol. The van der Waals surface area contributed by atoms with Crippen molar-refractivity contribution < 1.29 is 36.5 Å². The Morgan fingerprint density at radius 2 is 1.76 bits per heavy atom. The summed E-state index contributed by atoms with van der Waals surface area (Å²) in [6.45, 7) is -0.247. The van der Waals surface area contributed by atoms with Gasteiger partial charge >= 0.3 is 0 Å². The molecule has 0 radical (unpaired) electrons. The van der Waals surface area contributed by atoms with E-state index < -0.39 is 28.5 Å². The van der Waals surface area contributed by atoms with E-state index >= 15 is 0 Å². The number of amides is 1. The Morgan fingerprint density at radius 1 is 1.00 bits per heavy atom. The number of fused-ring (bicyclic) bond motifs is 2. The average Bonchev–Trinajstić information content (AvgIpc) is 3.65. The van der Waals surface area contributed by atoms with Gasteiger partial charge in [-0.2, -0.15) is 0 Å². The van der Waals surface area contributed by atoms with Gasteiger partial charge in [-0.3, -0.25) is 9.10 Å². The molecule has 0 aliphatic heterocycles. The zero-order valence-corrected chi connectivity index (χ0v) is 25.2. The number of carbonyl (C=O) groups excluding carboxylic acids is 1. The number of nitrogens with zero attached hydrogens (tertiary/aromatic N) is 2. The summed E-state index contributed by atoms with van der Waals surface area (Å²) < 4.78 is 60.4. The van der Waals surface area contributed by atoms with E-state index in [0.717, 1.165) is 0 Å². The molecule has 2 N–H and O–H groups in total. The molecule has 0 spiro atoms. The molecule has 1 atom stereocenters. The Hall–Kier alpha value is -5.07. The number of nitrogens with one attached hydrogen (secondary N) is 1. The lowest BCUT2D eigenvalue weighted by molar-refractivity contribution is 0.0964. The minimum absolute atomic E-state index is 0.00757. The molecule has 0 aliphatic carbocycles. The van der Waals surface area contributed by atoms with Crippen LogP contribution in [0.4, 0.5) is 14.5 Å². The number of hydrogen-bond donors (Lipinski definition) is 2. The van der Waals surface area contributed by atoms with Crippen LogP contribution in [0.1, 0.15) is 10.4 Å². The van der Waals surface area contributed by atoms with Gasteiger partial charge in [0, 0.05) is 42.9 Å². The highest BCUT2D eigenvalue weighted by atomic mass is 32.2. The van der Waals surface area contributed by atoms with Crippen LogP contribution in [-0.2, 0) is 11.0 Å². The summed E-state index contributed by atoms with van der Waals surface area (Å²) in [6, 6.07) is 18.6. The largest absolute Gasteiger partial charge is 0.490 e. The van der Waals surface area contributed by atoms with Crippen LogP contribution in [0, 0.1) is 11.6 Å². The standard InChI is InChI=1S/C33H27F2N3O6S/c1-36-32(40)29-22-16-21(25(38(2)45(3)41)17-28(22)43-31(29)18-7-10-20(34)11-8-18)19-9-12-26(42-14-13-39)23(15-19)33-37-30-24(35)5-4-6-27(30)44-33/h4-12,15-17,39H,13-14H2,1-3H3,(H,36,40). The molecule has 45 heavy (non-hydrogen) atoms. The summed E-state index contributed by atoms with van der Waals surface area (Å²) in [5.74, 6) is -0.724. The number of hydrogen-bond acceptors (Lipinski definition) is 7. The Bertz CT molecular complexity index is 2090. The Kier molecular flexibility index (Phi) is 8.09. The van der Waals surface area contributed by atoms with Crippen LogP contribution in [-0.4, -0.2) is 53.8 Å². The second-order valence-corrected chi connectivity index (χ2v) is 11.5. The van der Waals surface area contributed by atoms with Gasteiger partial charge in [0.05, 0.1) is 23.4 Å². The molecule has 2 heterocycles. The fourth-order valence-corrected chi connectivity index (χ4v) is 5.52. The molecular formula is C33H27F2N3O6S. The van der Waals surface area contributed by atoms with Gasteiger partial charge < -0.3 is 24.0 Å². The van der Waals surface area contributed by atoms with Crippen LogP contribution in [0.15, 0.2) is 81.6 Å². The van der Waals surface area contributed by atoms with E-state index in [0.29, 0.717) is 44.7 Å². The highest BCUT2D eigenvalue weighted by Crippen LogP contribution is 2.43. The average molecular weight is 632 g/mol. The second-order valence-electron chi connectivity index (χ2n) is 10.1. The summed E-state index contributed by atoms with van der Waals surface area (Å²) in [6.07, 6.45) is 1.53. The number of aliphatic hydroxyl groups excluding tert-OH is 1. The maximum Gasteiger partial charge on any atom is 0.255 e. The van der Waals surface area contributed by atoms with Crippen molar-refractivity contribution in [3.05, 3.63) is 90.0 Å². The van der Waals surface area contributed by atoms with E-state index in [4.69, 9.17) is 13.6 Å². The van der Waals surface area contributed by atoms with E-state index in [2.05, 4.69) is 10.3 Å². The normalized spacial score (nSPS) is 12.0. The molecular weight excluding hydrogens is 604 g/mol. The van der Waals surface area contributed by atoms with E-state index in [9.17, 15) is 22.9 Å². The topological polar surface area (TPSA) is 118 Å². The summed E-state index contributed by atoms with van der Waals surface area (Å²) in [5, 5.41) is 12.5. The van der Waals surface area contributed by atoms with Gasteiger partial charge in [0.2, 0.25) is 5.89 Å². The number of aliphatic hydroxyl groups is 1. The number of benzene rings is 4. The molecule has 0 saturated carbocycles. The van der Waals surface area contributed by atoms with Gasteiger partial charge in [0.15, 0.2) is 11.4 Å². The summed E-state index contributed by atoms with van der Waals surface area (Å²) >= 11 is 0. The maximum absolute atomic E-state index is 14.5. The summed E-state index contributed by atoms with van der Waals surface area (Å²) in [4.78, 5) is 17.6. The number of para-hydroxylation sites is 1. The first-order valence-electron chi connectivity index (χ1n) is 13.8. The van der Waals surface area contributed by atoms with Gasteiger partial charge in [-0.1, -0.05) is 12.1 Å². The third-order valence-electron chi connectivity index (χ3n) is 7.33. The van der Waals surface area contributed by atoms with Crippen LogP contribution in [0.2, 0.25) is 0 Å². The van der Waals surface area contributed by atoms with Crippen molar-refractivity contribution in [2.24, 2.45) is 0 Å². The third kappa shape index (κ3) is 5.54. The van der Waals surface area contributed by atoms with Gasteiger partial charge in [-0.15, -0.1) is 0 Å². The molecule has 6 aromatic rings. The number of oxazole rings is 1. The minimum atomic E-state index is -1.45. The zero-order valence-electron chi connectivity index (χ0n) is 24.4. The molecule has 230 valence electrons. The van der Waals surface area contributed by atoms with Crippen molar-refractivity contribution in [3.63, 3.8) is 0 Å². The molecule has 1 unspecified atom stereocenters. The Balaban J connectivity index is 1.61. The first-order chi connectivity index (χ1) is 21.7. The zero-order chi connectivity index (χ0) is 31.8. The van der Waals surface area contributed by atoms with Crippen molar-refractivity contribution in [1.82, 2.24) is 10.3 Å². The van der Waals surface area contributed by atoms with Crippen molar-refractivity contribution in [2.75, 3.05) is 37.9 Å². The van der Waals surface area contributed by atoms with Crippen molar-refractivity contribution in [2.45, 2.75) is 0 Å². The lowest BCUT2D eigenvalue weighted by Crippen LogP contribution is -2.20. The number of aromatic nitrogens is 1. The van der Waals surface area contributed by atoms with Crippen molar-refractivity contribution >= 4 is 44.6 Å². The van der Waals surface area contributed by atoms with Gasteiger partial charge in [-0.05, 0) is 60.2 Å². The molecule has 0 bridgehead atoms. The van der Waals surface area contributed by atoms with Crippen molar-refractivity contribution in [1.29, 1.82) is 0 Å². The van der Waals surface area contributed by atoms with Gasteiger partial charge in [0.1, 0.15) is 46.0 Å². The summed E-state index contributed by atoms with van der Waals surface area (Å²) in [5.41, 5.74) is 3.46. The molecule has 0 fully saturated rings. The fourth-order valence-electron chi connectivity index (χ4n) is 5.09. The molecule has 6 rings (SSSR count). The van der Waals surface area contributed by atoms with E-state index in [-0.39, 0.29) is 41.5 Å². The molecule has 4 aromatic carbocycles. The van der Waals surface area contributed by atoms with Crippen LogP contribution < -0.4 is 14.4 Å². The molecule has 9 nitrogen and oxygen atoms in total. The van der Waals surface area contributed by atoms with Crippen LogP contribution >= 0.6 is 0 Å². The quantitative estimate of drug-likeness (QED) is 0.192. The SMILES string of the molecule is CNC(=O)c1c(-c2ccc(F)cc2)oc2cc(N(C)S(C)=O)c(-c3ccc(OCCO)c(-c4nc5c(F)cccc5o4)c3)cc12. The number of carbonyl (C=O) groups is 1. The first kappa shape index (κ1) is 30.0. The molecule has 0 saturated heterocycles. The molecule has 0 aliphatic rings. The first-order valence-corrected chi connectivity index (χ1v) is 15.3. The number of rotatable bonds is 9. The highest BCUT2D eigenvalue weighted by Gasteiger charge is 2.26. The van der Waals surface area contributed by atoms with E-state index in [1.807, 2.05) is 0 Å².